The van der Waals surface area contributed by atoms with Crippen molar-refractivity contribution < 1.29 is 9.90 Å². The Bertz CT molecular complexity index is 1090. The van der Waals surface area contributed by atoms with Gasteiger partial charge in [-0.1, -0.05) is 0 Å². The summed E-state index contributed by atoms with van der Waals surface area (Å²) < 4.78 is 0.553. The summed E-state index contributed by atoms with van der Waals surface area (Å²) in [6.45, 7) is 1.93. The minimum absolute atomic E-state index is 0.0186. The number of hydrogen-bond acceptors (Lipinski definition) is 5. The van der Waals surface area contributed by atoms with Crippen molar-refractivity contribution in [2.75, 3.05) is 0 Å². The number of nitrogens with zero attached hydrogens (tertiary/aromatic N) is 3. The van der Waals surface area contributed by atoms with Gasteiger partial charge < -0.3 is 10.1 Å². The highest BCUT2D eigenvalue weighted by atomic mass is 32.1. The maximum atomic E-state index is 12.7. The first kappa shape index (κ1) is 16.5. The Kier molecular flexibility index (Phi) is 3.61. The van der Waals surface area contributed by atoms with E-state index in [1.807, 2.05) is 13.0 Å². The van der Waals surface area contributed by atoms with Gasteiger partial charge >= 0.3 is 6.09 Å². The van der Waals surface area contributed by atoms with Gasteiger partial charge in [0.1, 0.15) is 10.5 Å². The van der Waals surface area contributed by atoms with E-state index in [0.717, 1.165) is 41.8 Å². The fourth-order valence-electron chi connectivity index (χ4n) is 4.61. The van der Waals surface area contributed by atoms with Gasteiger partial charge in [-0.2, -0.15) is 5.10 Å². The maximum Gasteiger partial charge on any atom is 0.408 e. The number of aromatic nitrogens is 4. The van der Waals surface area contributed by atoms with Crippen LogP contribution >= 0.6 is 11.3 Å². The normalized spacial score (nSPS) is 24.6. The van der Waals surface area contributed by atoms with Gasteiger partial charge in [-0.05, 0) is 44.6 Å². The summed E-state index contributed by atoms with van der Waals surface area (Å²) in [4.78, 5) is 34.6. The number of amides is 1. The molecule has 2 aliphatic heterocycles. The molecule has 9 heteroatoms. The Morgan fingerprint density at radius 2 is 2.11 bits per heavy atom. The molecule has 0 aromatic carbocycles. The summed E-state index contributed by atoms with van der Waals surface area (Å²) in [5.41, 5.74) is 2.28. The fourth-order valence-corrected chi connectivity index (χ4v) is 5.67. The highest BCUT2D eigenvalue weighted by Gasteiger charge is 2.46. The molecule has 5 heterocycles. The zero-order chi connectivity index (χ0) is 18.7. The fraction of sp³-hybridized carbons (Fsp3) is 0.444. The number of aryl methyl sites for hydroxylation is 1. The Morgan fingerprint density at radius 3 is 2.78 bits per heavy atom. The van der Waals surface area contributed by atoms with E-state index >= 15 is 0 Å². The van der Waals surface area contributed by atoms with Crippen molar-refractivity contribution in [3.05, 3.63) is 34.1 Å². The number of fused-ring (bicyclic) bond motifs is 4. The zero-order valence-electron chi connectivity index (χ0n) is 14.7. The largest absolute Gasteiger partial charge is 0.465 e. The lowest BCUT2D eigenvalue weighted by Gasteiger charge is -2.49. The summed E-state index contributed by atoms with van der Waals surface area (Å²) in [5.74, 6) is 0.679. The van der Waals surface area contributed by atoms with E-state index in [-0.39, 0.29) is 23.6 Å². The average molecular weight is 385 g/mol. The molecular formula is C18H19N5O3S. The number of rotatable bonds is 2. The predicted molar refractivity (Wildman–Crippen MR) is 101 cm³/mol. The molecule has 27 heavy (non-hydrogen) atoms. The van der Waals surface area contributed by atoms with Crippen molar-refractivity contribution in [1.29, 1.82) is 0 Å². The van der Waals surface area contributed by atoms with Crippen LogP contribution < -0.4 is 5.56 Å². The van der Waals surface area contributed by atoms with Crippen LogP contribution in [0.1, 0.15) is 43.2 Å². The van der Waals surface area contributed by atoms with Gasteiger partial charge in [0, 0.05) is 22.2 Å². The highest BCUT2D eigenvalue weighted by molar-refractivity contribution is 7.22. The van der Waals surface area contributed by atoms with E-state index in [1.54, 1.807) is 6.20 Å². The minimum Gasteiger partial charge on any atom is -0.465 e. The van der Waals surface area contributed by atoms with Crippen LogP contribution in [0.3, 0.4) is 0 Å². The number of piperidine rings is 2. The van der Waals surface area contributed by atoms with Gasteiger partial charge in [-0.25, -0.2) is 9.78 Å². The predicted octanol–water partition coefficient (Wildman–Crippen LogP) is 3.28. The van der Waals surface area contributed by atoms with Crippen molar-refractivity contribution in [2.24, 2.45) is 5.92 Å². The second kappa shape index (κ2) is 5.91. The summed E-state index contributed by atoms with van der Waals surface area (Å²) in [7, 11) is 0. The third-order valence-electron chi connectivity index (χ3n) is 5.88. The number of carbonyl (C=O) groups is 1. The third-order valence-corrected chi connectivity index (χ3v) is 7.03. The van der Waals surface area contributed by atoms with E-state index in [9.17, 15) is 14.7 Å². The monoisotopic (exact) mass is 385 g/mol. The van der Waals surface area contributed by atoms with Crippen molar-refractivity contribution in [3.8, 4) is 10.4 Å². The Morgan fingerprint density at radius 1 is 1.33 bits per heavy atom. The quantitative estimate of drug-likeness (QED) is 0.626. The molecule has 2 bridgehead atoms. The third kappa shape index (κ3) is 2.48. The molecule has 6 rings (SSSR count). The number of H-pyrrole nitrogens is 2. The molecule has 1 aliphatic carbocycles. The lowest BCUT2D eigenvalue weighted by molar-refractivity contribution is -0.00531. The van der Waals surface area contributed by atoms with Gasteiger partial charge in [-0.15, -0.1) is 11.3 Å². The molecule has 1 amide bonds. The van der Waals surface area contributed by atoms with Crippen molar-refractivity contribution in [2.45, 2.75) is 44.7 Å². The van der Waals surface area contributed by atoms with Gasteiger partial charge in [0.05, 0.1) is 17.8 Å². The molecule has 0 unspecified atom stereocenters. The molecule has 3 fully saturated rings. The van der Waals surface area contributed by atoms with Gasteiger partial charge in [0.2, 0.25) is 0 Å². The molecular weight excluding hydrogens is 366 g/mol. The first-order valence-electron chi connectivity index (χ1n) is 9.08. The van der Waals surface area contributed by atoms with Crippen LogP contribution in [-0.4, -0.2) is 42.3 Å². The molecule has 0 spiro atoms. The second-order valence-electron chi connectivity index (χ2n) is 7.39. The number of aromatic amines is 2. The molecule has 3 aliphatic rings. The van der Waals surface area contributed by atoms with E-state index in [0.29, 0.717) is 16.0 Å². The van der Waals surface area contributed by atoms with E-state index in [1.165, 1.54) is 16.2 Å². The van der Waals surface area contributed by atoms with Gasteiger partial charge in [0.25, 0.3) is 5.56 Å². The van der Waals surface area contributed by atoms with E-state index in [2.05, 4.69) is 15.2 Å². The topological polar surface area (TPSA) is 115 Å². The van der Waals surface area contributed by atoms with Crippen LogP contribution in [0.2, 0.25) is 0 Å². The van der Waals surface area contributed by atoms with Gasteiger partial charge in [-0.3, -0.25) is 14.8 Å². The van der Waals surface area contributed by atoms with Crippen molar-refractivity contribution in [3.63, 3.8) is 0 Å². The number of nitrogens with one attached hydrogen (secondary N) is 2. The lowest BCUT2D eigenvalue weighted by Crippen LogP contribution is -2.53. The molecule has 1 saturated carbocycles. The summed E-state index contributed by atoms with van der Waals surface area (Å²) in [5, 5.41) is 16.7. The van der Waals surface area contributed by atoms with Crippen molar-refractivity contribution in [1.82, 2.24) is 25.1 Å². The Labute approximate surface area is 158 Å². The smallest absolute Gasteiger partial charge is 0.408 e. The zero-order valence-corrected chi connectivity index (χ0v) is 15.5. The summed E-state index contributed by atoms with van der Waals surface area (Å²) >= 11 is 1.38. The van der Waals surface area contributed by atoms with E-state index in [4.69, 9.17) is 4.98 Å². The summed E-state index contributed by atoms with van der Waals surface area (Å²) in [6, 6.07) is 1.54. The molecule has 8 nitrogen and oxygen atoms in total. The van der Waals surface area contributed by atoms with Crippen LogP contribution in [0, 0.1) is 12.8 Å². The second-order valence-corrected chi connectivity index (χ2v) is 8.44. The SMILES string of the molecule is Cc1[nH]ncc1-c1cc2nc([C@@H]3C4CCC(CC4)N3C(=O)O)[nH]c(=O)c2s1. The van der Waals surface area contributed by atoms with Crippen molar-refractivity contribution >= 4 is 27.6 Å². The molecule has 0 radical (unpaired) electrons. The first-order valence-corrected chi connectivity index (χ1v) is 9.90. The molecule has 1 atom stereocenters. The lowest BCUT2D eigenvalue weighted by atomic mass is 9.74. The Hall–Kier alpha value is -2.68. The van der Waals surface area contributed by atoms with Crippen LogP contribution in [-0.2, 0) is 0 Å². The Balaban J connectivity index is 1.63. The molecule has 2 saturated heterocycles. The number of carboxylic acid groups (broad SMARTS) is 1. The number of thiophene rings is 1. The minimum atomic E-state index is -0.933. The number of hydrogen-bond donors (Lipinski definition) is 3. The standard InChI is InChI=1S/C18H19N5O3S/c1-8-11(7-19-22-8)13-6-12-15(27-13)17(24)21-16(20-12)14-9-2-4-10(5-3-9)23(14)18(25)26/h6-7,9-10,14H,2-5H2,1H3,(H,19,22)(H,25,26)(H,20,21,24)/t9?,10?,14-/m0/s1. The van der Waals surface area contributed by atoms with Crippen LogP contribution in [0.4, 0.5) is 4.79 Å². The van der Waals surface area contributed by atoms with E-state index < -0.39 is 6.09 Å². The molecule has 3 N–H and O–H groups in total. The molecule has 3 aromatic rings. The van der Waals surface area contributed by atoms with Gasteiger partial charge in [0.15, 0.2) is 0 Å². The van der Waals surface area contributed by atoms with Crippen LogP contribution in [0.15, 0.2) is 17.1 Å². The summed E-state index contributed by atoms with van der Waals surface area (Å²) in [6.07, 6.45) is 4.54. The van der Waals surface area contributed by atoms with Crippen LogP contribution in [0.25, 0.3) is 20.7 Å². The highest BCUT2D eigenvalue weighted by Crippen LogP contribution is 2.46. The molecule has 140 valence electrons. The maximum absolute atomic E-state index is 12.7. The first-order chi connectivity index (χ1) is 13.0. The van der Waals surface area contributed by atoms with Crippen LogP contribution in [0.5, 0.6) is 0 Å². The average Bonchev–Trinajstić information content (AvgIpc) is 3.27. The molecule has 3 aromatic heterocycles.